The zero-order chi connectivity index (χ0) is 13.5. The van der Waals surface area contributed by atoms with E-state index >= 15 is 0 Å². The maximum Gasteiger partial charge on any atom is 0.0948 e. The van der Waals surface area contributed by atoms with E-state index in [2.05, 4.69) is 35.4 Å². The molecule has 0 saturated carbocycles. The first-order chi connectivity index (χ1) is 9.79. The molecule has 1 aromatic heterocycles. The molecule has 0 aliphatic rings. The maximum atomic E-state index is 5.80. The number of fused-ring (bicyclic) bond motifs is 2. The second-order valence-electron chi connectivity index (χ2n) is 4.92. The van der Waals surface area contributed by atoms with Gasteiger partial charge in [0.1, 0.15) is 0 Å². The summed E-state index contributed by atoms with van der Waals surface area (Å²) in [5.74, 6) is 0. The first-order valence-electron chi connectivity index (χ1n) is 6.54. The molecule has 1 heterocycles. The van der Waals surface area contributed by atoms with E-state index in [-0.39, 0.29) is 0 Å². The van der Waals surface area contributed by atoms with Gasteiger partial charge in [-0.3, -0.25) is 0 Å². The van der Waals surface area contributed by atoms with Crippen LogP contribution in [0.15, 0.2) is 66.9 Å². The van der Waals surface area contributed by atoms with Gasteiger partial charge in [-0.2, -0.15) is 5.10 Å². The van der Waals surface area contributed by atoms with Crippen molar-refractivity contribution in [2.45, 2.75) is 0 Å². The number of nitrogen functional groups attached to an aromatic ring is 1. The van der Waals surface area contributed by atoms with Crippen LogP contribution in [0.25, 0.3) is 27.4 Å². The lowest BCUT2D eigenvalue weighted by atomic mass is 10.1. The van der Waals surface area contributed by atoms with E-state index < -0.39 is 0 Å². The second kappa shape index (κ2) is 4.10. The van der Waals surface area contributed by atoms with Crippen LogP contribution in [0.2, 0.25) is 0 Å². The summed E-state index contributed by atoms with van der Waals surface area (Å²) in [6, 6.07) is 20.4. The standard InChI is InChI=1S/C17H13N3/c18-15-7-5-14-11-20(19-17(14)10-15)16-8-6-12-3-1-2-4-13(12)9-16/h1-11H,18H2. The Morgan fingerprint density at radius 3 is 2.50 bits per heavy atom. The zero-order valence-corrected chi connectivity index (χ0v) is 10.8. The first-order valence-corrected chi connectivity index (χ1v) is 6.54. The Bertz CT molecular complexity index is 922. The normalized spacial score (nSPS) is 11.2. The number of hydrogen-bond acceptors (Lipinski definition) is 2. The highest BCUT2D eigenvalue weighted by Gasteiger charge is 2.03. The molecular formula is C17H13N3. The Labute approximate surface area is 116 Å². The van der Waals surface area contributed by atoms with Crippen molar-refractivity contribution in [3.63, 3.8) is 0 Å². The molecule has 3 nitrogen and oxygen atoms in total. The predicted molar refractivity (Wildman–Crippen MR) is 83.0 cm³/mol. The van der Waals surface area contributed by atoms with E-state index in [4.69, 9.17) is 5.73 Å². The molecule has 0 unspecified atom stereocenters. The van der Waals surface area contributed by atoms with Crippen LogP contribution in [0.1, 0.15) is 0 Å². The summed E-state index contributed by atoms with van der Waals surface area (Å²) in [5.41, 5.74) is 8.50. The van der Waals surface area contributed by atoms with Crippen molar-refractivity contribution < 1.29 is 0 Å². The van der Waals surface area contributed by atoms with Gasteiger partial charge in [-0.25, -0.2) is 4.68 Å². The third-order valence-electron chi connectivity index (χ3n) is 3.53. The quantitative estimate of drug-likeness (QED) is 0.529. The minimum absolute atomic E-state index is 0.737. The smallest absolute Gasteiger partial charge is 0.0948 e. The molecule has 3 heteroatoms. The fraction of sp³-hybridized carbons (Fsp3) is 0. The van der Waals surface area contributed by atoms with Crippen molar-refractivity contribution in [1.82, 2.24) is 9.78 Å². The van der Waals surface area contributed by atoms with Crippen LogP contribution < -0.4 is 5.73 Å². The highest BCUT2D eigenvalue weighted by molar-refractivity contribution is 5.85. The van der Waals surface area contributed by atoms with Gasteiger partial charge < -0.3 is 5.73 Å². The van der Waals surface area contributed by atoms with Crippen LogP contribution in [0.4, 0.5) is 5.69 Å². The number of hydrogen-bond donors (Lipinski definition) is 1. The molecule has 3 aromatic carbocycles. The summed E-state index contributed by atoms with van der Waals surface area (Å²) >= 11 is 0. The Morgan fingerprint density at radius 2 is 1.60 bits per heavy atom. The number of rotatable bonds is 1. The summed E-state index contributed by atoms with van der Waals surface area (Å²) in [4.78, 5) is 0. The predicted octanol–water partition coefficient (Wildman–Crippen LogP) is 3.76. The summed E-state index contributed by atoms with van der Waals surface area (Å²) in [6.07, 6.45) is 2.03. The monoisotopic (exact) mass is 259 g/mol. The average Bonchev–Trinajstić information content (AvgIpc) is 2.89. The largest absolute Gasteiger partial charge is 0.399 e. The van der Waals surface area contributed by atoms with Gasteiger partial charge in [0.15, 0.2) is 0 Å². The van der Waals surface area contributed by atoms with Gasteiger partial charge >= 0.3 is 0 Å². The molecule has 0 aliphatic carbocycles. The third-order valence-corrected chi connectivity index (χ3v) is 3.53. The number of aromatic nitrogens is 2. The molecule has 20 heavy (non-hydrogen) atoms. The maximum absolute atomic E-state index is 5.80. The van der Waals surface area contributed by atoms with Gasteiger partial charge in [-0.05, 0) is 41.1 Å². The topological polar surface area (TPSA) is 43.8 Å². The van der Waals surface area contributed by atoms with Crippen molar-refractivity contribution in [1.29, 1.82) is 0 Å². The van der Waals surface area contributed by atoms with E-state index in [0.717, 1.165) is 22.3 Å². The summed E-state index contributed by atoms with van der Waals surface area (Å²) in [7, 11) is 0. The van der Waals surface area contributed by atoms with Crippen LogP contribution in [-0.2, 0) is 0 Å². The molecule has 4 aromatic rings. The number of benzene rings is 3. The van der Waals surface area contributed by atoms with Gasteiger partial charge in [-0.15, -0.1) is 0 Å². The van der Waals surface area contributed by atoms with Crippen molar-refractivity contribution in [2.75, 3.05) is 5.73 Å². The molecule has 96 valence electrons. The van der Waals surface area contributed by atoms with E-state index in [1.165, 1.54) is 10.8 Å². The van der Waals surface area contributed by atoms with Crippen LogP contribution in [-0.4, -0.2) is 9.78 Å². The van der Waals surface area contributed by atoms with Crippen LogP contribution in [0.5, 0.6) is 0 Å². The lowest BCUT2D eigenvalue weighted by Crippen LogP contribution is -1.93. The SMILES string of the molecule is Nc1ccc2cn(-c3ccc4ccccc4c3)nc2c1. The molecular weight excluding hydrogens is 246 g/mol. The minimum atomic E-state index is 0.737. The molecule has 2 N–H and O–H groups in total. The minimum Gasteiger partial charge on any atom is -0.399 e. The van der Waals surface area contributed by atoms with Gasteiger partial charge in [0.05, 0.1) is 11.2 Å². The fourth-order valence-corrected chi connectivity index (χ4v) is 2.48. The zero-order valence-electron chi connectivity index (χ0n) is 10.8. The Kier molecular flexibility index (Phi) is 2.27. The molecule has 0 radical (unpaired) electrons. The number of nitrogens with two attached hydrogens (primary N) is 1. The summed E-state index contributed by atoms with van der Waals surface area (Å²) in [5, 5.41) is 8.12. The second-order valence-corrected chi connectivity index (χ2v) is 4.92. The molecule has 0 saturated heterocycles. The molecule has 4 rings (SSSR count). The molecule has 0 atom stereocenters. The lowest BCUT2D eigenvalue weighted by molar-refractivity contribution is 0.898. The average molecular weight is 259 g/mol. The molecule has 0 fully saturated rings. The Hall–Kier alpha value is -2.81. The highest BCUT2D eigenvalue weighted by Crippen LogP contribution is 2.21. The van der Waals surface area contributed by atoms with E-state index in [1.54, 1.807) is 0 Å². The number of anilines is 1. The molecule has 0 spiro atoms. The van der Waals surface area contributed by atoms with E-state index in [1.807, 2.05) is 41.2 Å². The molecule has 0 bridgehead atoms. The Balaban J connectivity index is 1.91. The van der Waals surface area contributed by atoms with Crippen LogP contribution in [0, 0.1) is 0 Å². The lowest BCUT2D eigenvalue weighted by Gasteiger charge is -2.03. The Morgan fingerprint density at radius 1 is 0.800 bits per heavy atom. The highest BCUT2D eigenvalue weighted by atomic mass is 15.3. The summed E-state index contributed by atoms with van der Waals surface area (Å²) in [6.45, 7) is 0. The first kappa shape index (κ1) is 11.1. The van der Waals surface area contributed by atoms with Crippen molar-refractivity contribution in [3.05, 3.63) is 66.9 Å². The molecule has 0 aliphatic heterocycles. The van der Waals surface area contributed by atoms with E-state index in [9.17, 15) is 0 Å². The fourth-order valence-electron chi connectivity index (χ4n) is 2.48. The van der Waals surface area contributed by atoms with Gasteiger partial charge in [0, 0.05) is 17.3 Å². The van der Waals surface area contributed by atoms with Crippen LogP contribution in [0.3, 0.4) is 0 Å². The molecule has 0 amide bonds. The third kappa shape index (κ3) is 1.72. The summed E-state index contributed by atoms with van der Waals surface area (Å²) < 4.78 is 1.90. The van der Waals surface area contributed by atoms with Gasteiger partial charge in [0.25, 0.3) is 0 Å². The van der Waals surface area contributed by atoms with Crippen molar-refractivity contribution in [2.24, 2.45) is 0 Å². The van der Waals surface area contributed by atoms with Crippen molar-refractivity contribution in [3.8, 4) is 5.69 Å². The number of nitrogens with zero attached hydrogens (tertiary/aromatic N) is 2. The van der Waals surface area contributed by atoms with Crippen LogP contribution >= 0.6 is 0 Å². The van der Waals surface area contributed by atoms with Gasteiger partial charge in [-0.1, -0.05) is 30.3 Å². The van der Waals surface area contributed by atoms with Crippen molar-refractivity contribution >= 4 is 27.4 Å². The van der Waals surface area contributed by atoms with E-state index in [0.29, 0.717) is 0 Å². The van der Waals surface area contributed by atoms with Gasteiger partial charge in [0.2, 0.25) is 0 Å².